The van der Waals surface area contributed by atoms with E-state index in [0.29, 0.717) is 21.0 Å². The van der Waals surface area contributed by atoms with Crippen LogP contribution in [-0.4, -0.2) is 29.8 Å². The van der Waals surface area contributed by atoms with E-state index in [-0.39, 0.29) is 25.1 Å². The lowest BCUT2D eigenvalue weighted by atomic mass is 10.0. The SMILES string of the molecule is N#Cc1c(NC(=O)c2ccccc2)sc2c1CCN(C(=O)OC(F)(F)F)C2. The number of alkyl halides is 3. The number of hydrogen-bond acceptors (Lipinski definition) is 5. The van der Waals surface area contributed by atoms with Crippen molar-refractivity contribution in [2.24, 2.45) is 0 Å². The van der Waals surface area contributed by atoms with Gasteiger partial charge in [0.1, 0.15) is 11.1 Å². The number of fused-ring (bicyclic) bond motifs is 1. The van der Waals surface area contributed by atoms with Gasteiger partial charge in [0.2, 0.25) is 0 Å². The Morgan fingerprint density at radius 2 is 1.96 bits per heavy atom. The fourth-order valence-corrected chi connectivity index (χ4v) is 3.90. The molecule has 2 aromatic rings. The van der Waals surface area contributed by atoms with E-state index >= 15 is 0 Å². The van der Waals surface area contributed by atoms with Gasteiger partial charge in [0.15, 0.2) is 0 Å². The Balaban J connectivity index is 1.80. The Kier molecular flexibility index (Phi) is 5.05. The summed E-state index contributed by atoms with van der Waals surface area (Å²) in [7, 11) is 0. The lowest BCUT2D eigenvalue weighted by molar-refractivity contribution is -0.295. The minimum Gasteiger partial charge on any atom is -0.356 e. The predicted molar refractivity (Wildman–Crippen MR) is 90.1 cm³/mol. The monoisotopic (exact) mass is 395 g/mol. The van der Waals surface area contributed by atoms with E-state index in [1.165, 1.54) is 0 Å². The number of carbonyl (C=O) groups is 2. The number of anilines is 1. The summed E-state index contributed by atoms with van der Waals surface area (Å²) in [5.41, 5.74) is 1.30. The number of amides is 2. The van der Waals surface area contributed by atoms with Gasteiger partial charge in [-0.25, -0.2) is 4.79 Å². The van der Waals surface area contributed by atoms with Crippen LogP contribution >= 0.6 is 11.3 Å². The molecule has 0 fully saturated rings. The van der Waals surface area contributed by atoms with E-state index in [0.717, 1.165) is 16.2 Å². The molecule has 1 aliphatic heterocycles. The van der Waals surface area contributed by atoms with Gasteiger partial charge in [0.05, 0.1) is 12.1 Å². The zero-order valence-electron chi connectivity index (χ0n) is 13.7. The van der Waals surface area contributed by atoms with Crippen molar-refractivity contribution in [2.45, 2.75) is 19.3 Å². The van der Waals surface area contributed by atoms with E-state index in [9.17, 15) is 28.0 Å². The third-order valence-corrected chi connectivity index (χ3v) is 5.03. The largest absolute Gasteiger partial charge is 0.576 e. The first-order chi connectivity index (χ1) is 12.8. The Hall–Kier alpha value is -3.06. The summed E-state index contributed by atoms with van der Waals surface area (Å²) in [6, 6.07) is 10.4. The standard InChI is InChI=1S/C17H12F3N3O3S/c18-17(19,20)26-16(25)23-7-6-11-12(8-21)15(27-13(11)9-23)22-14(24)10-4-2-1-3-5-10/h1-5H,6-7,9H2,(H,22,24). The molecule has 0 saturated heterocycles. The highest BCUT2D eigenvalue weighted by atomic mass is 32.1. The van der Waals surface area contributed by atoms with Crippen LogP contribution in [0.3, 0.4) is 0 Å². The zero-order chi connectivity index (χ0) is 19.6. The lowest BCUT2D eigenvalue weighted by Gasteiger charge is -2.26. The third-order valence-electron chi connectivity index (χ3n) is 3.89. The maximum Gasteiger partial charge on any atom is 0.576 e. The highest BCUT2D eigenvalue weighted by Crippen LogP contribution is 2.37. The normalized spacial score (nSPS) is 13.5. The zero-order valence-corrected chi connectivity index (χ0v) is 14.5. The van der Waals surface area contributed by atoms with Gasteiger partial charge in [-0.2, -0.15) is 5.26 Å². The maximum absolute atomic E-state index is 12.3. The molecule has 140 valence electrons. The molecule has 1 aromatic carbocycles. The van der Waals surface area contributed by atoms with Gasteiger partial charge in [-0.15, -0.1) is 24.5 Å². The minimum absolute atomic E-state index is 0.0145. The lowest BCUT2D eigenvalue weighted by Crippen LogP contribution is -2.38. The minimum atomic E-state index is -5.06. The van der Waals surface area contributed by atoms with Gasteiger partial charge >= 0.3 is 12.5 Å². The van der Waals surface area contributed by atoms with E-state index in [1.54, 1.807) is 30.3 Å². The van der Waals surface area contributed by atoms with Crippen LogP contribution < -0.4 is 5.32 Å². The first-order valence-corrected chi connectivity index (χ1v) is 8.56. The Bertz CT molecular complexity index is 919. The molecule has 0 aliphatic carbocycles. The van der Waals surface area contributed by atoms with Crippen molar-refractivity contribution < 1.29 is 27.5 Å². The number of ether oxygens (including phenoxy) is 1. The Labute approximate surface area is 155 Å². The second kappa shape index (κ2) is 7.28. The smallest absolute Gasteiger partial charge is 0.356 e. The van der Waals surface area contributed by atoms with Crippen molar-refractivity contribution in [3.05, 3.63) is 51.9 Å². The molecule has 2 amide bonds. The number of nitriles is 1. The van der Waals surface area contributed by atoms with E-state index in [4.69, 9.17) is 0 Å². The van der Waals surface area contributed by atoms with Gasteiger partial charge in [-0.1, -0.05) is 18.2 Å². The van der Waals surface area contributed by atoms with Gasteiger partial charge in [-0.05, 0) is 24.1 Å². The summed E-state index contributed by atoms with van der Waals surface area (Å²) in [5, 5.41) is 12.4. The first kappa shape index (κ1) is 18.7. The molecule has 0 spiro atoms. The molecule has 0 saturated carbocycles. The molecule has 1 aliphatic rings. The highest BCUT2D eigenvalue weighted by molar-refractivity contribution is 7.16. The molecule has 10 heteroatoms. The van der Waals surface area contributed by atoms with Crippen LogP contribution in [0.4, 0.5) is 23.0 Å². The van der Waals surface area contributed by atoms with E-state index < -0.39 is 18.4 Å². The second-order valence-electron chi connectivity index (χ2n) is 5.63. The number of nitrogens with one attached hydrogen (secondary N) is 1. The van der Waals surface area contributed by atoms with Gasteiger partial charge in [0.25, 0.3) is 5.91 Å². The topological polar surface area (TPSA) is 82.4 Å². The molecule has 1 N–H and O–H groups in total. The molecule has 1 aromatic heterocycles. The summed E-state index contributed by atoms with van der Waals surface area (Å²) in [6.07, 6.45) is -6.35. The molecule has 0 radical (unpaired) electrons. The van der Waals surface area contributed by atoms with E-state index in [1.807, 2.05) is 6.07 Å². The fourth-order valence-electron chi connectivity index (χ4n) is 2.69. The van der Waals surface area contributed by atoms with Crippen LogP contribution in [0.5, 0.6) is 0 Å². The highest BCUT2D eigenvalue weighted by Gasteiger charge is 2.37. The number of benzene rings is 1. The summed E-state index contributed by atoms with van der Waals surface area (Å²) in [4.78, 5) is 25.4. The average Bonchev–Trinajstić information content (AvgIpc) is 2.97. The van der Waals surface area contributed by atoms with Crippen molar-refractivity contribution >= 4 is 28.3 Å². The molecule has 6 nitrogen and oxygen atoms in total. The molecule has 3 rings (SSSR count). The van der Waals surface area contributed by atoms with Crippen LogP contribution in [0, 0.1) is 11.3 Å². The Morgan fingerprint density at radius 1 is 1.26 bits per heavy atom. The van der Waals surface area contributed by atoms with Crippen LogP contribution in [-0.2, 0) is 17.7 Å². The molecule has 2 heterocycles. The van der Waals surface area contributed by atoms with Crippen LogP contribution in [0.15, 0.2) is 30.3 Å². The van der Waals surface area contributed by atoms with Crippen LogP contribution in [0.1, 0.15) is 26.4 Å². The fraction of sp³-hybridized carbons (Fsp3) is 0.235. The molecular weight excluding hydrogens is 383 g/mol. The first-order valence-electron chi connectivity index (χ1n) is 7.74. The van der Waals surface area contributed by atoms with Gasteiger partial charge < -0.3 is 15.0 Å². The van der Waals surface area contributed by atoms with Gasteiger partial charge in [-0.3, -0.25) is 4.79 Å². The quantitative estimate of drug-likeness (QED) is 0.837. The third kappa shape index (κ3) is 4.20. The number of rotatable bonds is 2. The summed E-state index contributed by atoms with van der Waals surface area (Å²) in [5.74, 6) is -0.404. The van der Waals surface area contributed by atoms with Crippen LogP contribution in [0.2, 0.25) is 0 Å². The number of halogens is 3. The Morgan fingerprint density at radius 3 is 2.59 bits per heavy atom. The maximum atomic E-state index is 12.3. The van der Waals surface area contributed by atoms with E-state index in [2.05, 4.69) is 10.1 Å². The summed E-state index contributed by atoms with van der Waals surface area (Å²) >= 11 is 1.06. The van der Waals surface area contributed by atoms with Crippen molar-refractivity contribution in [2.75, 3.05) is 11.9 Å². The second-order valence-corrected chi connectivity index (χ2v) is 6.73. The van der Waals surface area contributed by atoms with Crippen molar-refractivity contribution in [3.63, 3.8) is 0 Å². The summed E-state index contributed by atoms with van der Waals surface area (Å²) in [6.45, 7) is -0.135. The van der Waals surface area contributed by atoms with Gasteiger partial charge in [0, 0.05) is 17.0 Å². The molecule has 0 atom stereocenters. The van der Waals surface area contributed by atoms with Crippen LogP contribution in [0.25, 0.3) is 0 Å². The predicted octanol–water partition coefficient (Wildman–Crippen LogP) is 3.89. The number of nitrogens with zero attached hydrogens (tertiary/aromatic N) is 2. The number of hydrogen-bond donors (Lipinski definition) is 1. The molecule has 27 heavy (non-hydrogen) atoms. The molecular formula is C17H12F3N3O3S. The number of carbonyl (C=O) groups excluding carboxylic acids is 2. The van der Waals surface area contributed by atoms with Crippen molar-refractivity contribution in [1.29, 1.82) is 5.26 Å². The average molecular weight is 395 g/mol. The molecule has 0 unspecified atom stereocenters. The molecule has 0 bridgehead atoms. The summed E-state index contributed by atoms with van der Waals surface area (Å²) < 4.78 is 40.1. The van der Waals surface area contributed by atoms with Crippen molar-refractivity contribution in [1.82, 2.24) is 4.90 Å². The van der Waals surface area contributed by atoms with Crippen molar-refractivity contribution in [3.8, 4) is 6.07 Å². The number of thiophene rings is 1.